The van der Waals surface area contributed by atoms with Crippen molar-refractivity contribution in [3.05, 3.63) is 54.1 Å². The van der Waals surface area contributed by atoms with Gasteiger partial charge in [0.2, 0.25) is 0 Å². The van der Waals surface area contributed by atoms with Crippen LogP contribution in [0.5, 0.6) is 5.75 Å². The van der Waals surface area contributed by atoms with Gasteiger partial charge in [0.15, 0.2) is 0 Å². The molecule has 0 spiro atoms. The summed E-state index contributed by atoms with van der Waals surface area (Å²) in [7, 11) is 0. The number of pyridine rings is 1. The number of nitrogens with zero attached hydrogens (tertiary/aromatic N) is 5. The molecule has 0 N–H and O–H groups in total. The first-order valence-electron chi connectivity index (χ1n) is 12.2. The number of halogens is 3. The van der Waals surface area contributed by atoms with Gasteiger partial charge in [-0.05, 0) is 57.0 Å². The van der Waals surface area contributed by atoms with E-state index < -0.39 is 6.36 Å². The molecule has 0 aliphatic carbocycles. The normalized spacial score (nSPS) is 18.7. The number of anilines is 1. The number of hydrogen-bond donors (Lipinski definition) is 0. The number of hydrogen-bond acceptors (Lipinski definition) is 7. The van der Waals surface area contributed by atoms with Gasteiger partial charge < -0.3 is 19.3 Å². The molecule has 8 nitrogen and oxygen atoms in total. The molecule has 4 heterocycles. The molecule has 0 radical (unpaired) electrons. The summed E-state index contributed by atoms with van der Waals surface area (Å²) in [6.45, 7) is 7.38. The van der Waals surface area contributed by atoms with Crippen LogP contribution in [0, 0.1) is 0 Å². The Hall–Kier alpha value is -3.47. The van der Waals surface area contributed by atoms with E-state index in [2.05, 4.69) is 33.5 Å². The molecular formula is C26H28F3N5O3. The first-order valence-corrected chi connectivity index (χ1v) is 12.2. The van der Waals surface area contributed by atoms with E-state index in [9.17, 15) is 18.0 Å². The van der Waals surface area contributed by atoms with Crippen LogP contribution in [0.2, 0.25) is 0 Å². The predicted octanol–water partition coefficient (Wildman–Crippen LogP) is 4.56. The van der Waals surface area contributed by atoms with Crippen molar-refractivity contribution in [2.75, 3.05) is 37.7 Å². The molecule has 5 rings (SSSR count). The molecule has 3 aromatic rings. The Morgan fingerprint density at radius 1 is 1.08 bits per heavy atom. The van der Waals surface area contributed by atoms with E-state index in [0.717, 1.165) is 47.6 Å². The Labute approximate surface area is 212 Å². The van der Waals surface area contributed by atoms with Crippen molar-refractivity contribution in [2.45, 2.75) is 44.6 Å². The van der Waals surface area contributed by atoms with Gasteiger partial charge in [-0.15, -0.1) is 13.2 Å². The topological polar surface area (TPSA) is 80.7 Å². The second kappa shape index (κ2) is 9.77. The molecule has 2 fully saturated rings. The lowest BCUT2D eigenvalue weighted by Gasteiger charge is -2.39. The molecule has 2 aliphatic heterocycles. The van der Waals surface area contributed by atoms with Gasteiger partial charge in [-0.1, -0.05) is 0 Å². The Kier molecular flexibility index (Phi) is 6.65. The van der Waals surface area contributed by atoms with Gasteiger partial charge in [0, 0.05) is 37.7 Å². The van der Waals surface area contributed by atoms with Crippen molar-refractivity contribution in [1.29, 1.82) is 0 Å². The molecule has 196 valence electrons. The molecule has 2 saturated heterocycles. The zero-order chi connectivity index (χ0) is 26.2. The highest BCUT2D eigenvalue weighted by molar-refractivity contribution is 5.94. The maximum Gasteiger partial charge on any atom is 0.573 e. The largest absolute Gasteiger partial charge is 0.573 e. The first kappa shape index (κ1) is 25.2. The molecule has 0 saturated carbocycles. The van der Waals surface area contributed by atoms with Crippen LogP contribution < -0.4 is 9.64 Å². The van der Waals surface area contributed by atoms with Crippen LogP contribution in [-0.2, 0) is 4.74 Å². The van der Waals surface area contributed by atoms with Gasteiger partial charge in [-0.2, -0.15) is 0 Å². The minimum absolute atomic E-state index is 0.123. The van der Waals surface area contributed by atoms with Gasteiger partial charge in [-0.25, -0.2) is 9.97 Å². The Bertz CT molecular complexity index is 1270. The molecule has 11 heteroatoms. The van der Waals surface area contributed by atoms with Crippen molar-refractivity contribution >= 4 is 22.6 Å². The fourth-order valence-electron chi connectivity index (χ4n) is 5.00. The Morgan fingerprint density at radius 3 is 2.49 bits per heavy atom. The van der Waals surface area contributed by atoms with Crippen LogP contribution in [0.4, 0.5) is 18.9 Å². The summed E-state index contributed by atoms with van der Waals surface area (Å²) >= 11 is 0. The number of amides is 1. The number of carbonyl (C=O) groups is 1. The average Bonchev–Trinajstić information content (AvgIpc) is 2.87. The summed E-state index contributed by atoms with van der Waals surface area (Å²) in [5.41, 5.74) is 3.52. The van der Waals surface area contributed by atoms with Gasteiger partial charge >= 0.3 is 6.36 Å². The van der Waals surface area contributed by atoms with Gasteiger partial charge in [0.1, 0.15) is 17.6 Å². The number of benzene rings is 1. The van der Waals surface area contributed by atoms with Crippen molar-refractivity contribution in [3.8, 4) is 5.75 Å². The van der Waals surface area contributed by atoms with E-state index >= 15 is 0 Å². The van der Waals surface area contributed by atoms with E-state index in [1.807, 2.05) is 12.3 Å². The van der Waals surface area contributed by atoms with Crippen LogP contribution >= 0.6 is 0 Å². The third-order valence-electron chi connectivity index (χ3n) is 6.78. The fourth-order valence-corrected chi connectivity index (χ4v) is 5.00. The Balaban J connectivity index is 1.25. The van der Waals surface area contributed by atoms with Gasteiger partial charge in [0.25, 0.3) is 5.91 Å². The highest BCUT2D eigenvalue weighted by atomic mass is 19.4. The average molecular weight is 516 g/mol. The van der Waals surface area contributed by atoms with Crippen molar-refractivity contribution < 1.29 is 27.4 Å². The smallest absolute Gasteiger partial charge is 0.406 e. The quantitative estimate of drug-likeness (QED) is 0.504. The molecule has 2 aliphatic rings. The summed E-state index contributed by atoms with van der Waals surface area (Å²) < 4.78 is 46.8. The number of alkyl halides is 3. The third-order valence-corrected chi connectivity index (χ3v) is 6.78. The van der Waals surface area contributed by atoms with Gasteiger partial charge in [-0.3, -0.25) is 9.78 Å². The highest BCUT2D eigenvalue weighted by Gasteiger charge is 2.32. The lowest BCUT2D eigenvalue weighted by atomic mass is 9.92. The number of carbonyl (C=O) groups excluding carboxylic acids is 1. The van der Waals surface area contributed by atoms with E-state index in [0.29, 0.717) is 38.1 Å². The number of aromatic nitrogens is 3. The van der Waals surface area contributed by atoms with Crippen LogP contribution in [0.3, 0.4) is 0 Å². The monoisotopic (exact) mass is 515 g/mol. The van der Waals surface area contributed by atoms with Crippen molar-refractivity contribution in [2.24, 2.45) is 0 Å². The number of rotatable bonds is 4. The van der Waals surface area contributed by atoms with Crippen LogP contribution in [0.1, 0.15) is 48.7 Å². The maximum atomic E-state index is 12.9. The summed E-state index contributed by atoms with van der Waals surface area (Å²) in [5.74, 6) is -0.454. The van der Waals surface area contributed by atoms with Crippen LogP contribution in [-0.4, -0.2) is 70.5 Å². The van der Waals surface area contributed by atoms with Crippen LogP contribution in [0.15, 0.2) is 42.9 Å². The molecular weight excluding hydrogens is 487 g/mol. The second-order valence-corrected chi connectivity index (χ2v) is 9.99. The van der Waals surface area contributed by atoms with E-state index in [4.69, 9.17) is 9.72 Å². The molecule has 1 aromatic carbocycles. The van der Waals surface area contributed by atoms with Crippen molar-refractivity contribution in [1.82, 2.24) is 19.9 Å². The van der Waals surface area contributed by atoms with E-state index in [1.54, 1.807) is 11.2 Å². The standard InChI is InChI=1S/C26H28F3N5O3/c1-25(2)15-34(11-12-36-25)19-13-21-23(30-14-19)22(32-16-31-21)17-7-9-33(10-8-17)24(35)18-3-5-20(6-4-18)37-26(27,28)29/h3-6,13-14,16-17H,7-12,15H2,1-2H3. The minimum Gasteiger partial charge on any atom is -0.406 e. The summed E-state index contributed by atoms with van der Waals surface area (Å²) in [6, 6.07) is 7.05. The minimum atomic E-state index is -4.77. The molecule has 37 heavy (non-hydrogen) atoms. The number of piperidine rings is 1. The summed E-state index contributed by atoms with van der Waals surface area (Å²) in [6.07, 6.45) is 0.0622. The lowest BCUT2D eigenvalue weighted by Crippen LogP contribution is -2.48. The number of fused-ring (bicyclic) bond motifs is 1. The van der Waals surface area contributed by atoms with Crippen molar-refractivity contribution in [3.63, 3.8) is 0 Å². The molecule has 2 aromatic heterocycles. The molecule has 0 unspecified atom stereocenters. The van der Waals surface area contributed by atoms with E-state index in [1.165, 1.54) is 12.1 Å². The molecule has 0 bridgehead atoms. The highest BCUT2D eigenvalue weighted by Crippen LogP contribution is 2.32. The third kappa shape index (κ3) is 5.76. The first-order chi connectivity index (χ1) is 17.6. The fraction of sp³-hybridized carbons (Fsp3) is 0.462. The number of ether oxygens (including phenoxy) is 2. The predicted molar refractivity (Wildman–Crippen MR) is 131 cm³/mol. The van der Waals surface area contributed by atoms with Gasteiger partial charge in [0.05, 0.1) is 35.3 Å². The molecule has 0 atom stereocenters. The maximum absolute atomic E-state index is 12.9. The second-order valence-electron chi connectivity index (χ2n) is 9.99. The van der Waals surface area contributed by atoms with Crippen LogP contribution in [0.25, 0.3) is 11.0 Å². The van der Waals surface area contributed by atoms with E-state index in [-0.39, 0.29) is 23.2 Å². The summed E-state index contributed by atoms with van der Waals surface area (Å²) in [5, 5.41) is 0. The Morgan fingerprint density at radius 2 is 1.81 bits per heavy atom. The summed E-state index contributed by atoms with van der Waals surface area (Å²) in [4.78, 5) is 30.6. The zero-order valence-electron chi connectivity index (χ0n) is 20.7. The lowest BCUT2D eigenvalue weighted by molar-refractivity contribution is -0.274. The zero-order valence-corrected chi connectivity index (χ0v) is 20.7. The number of morpholine rings is 1. The number of likely N-dealkylation sites (tertiary alicyclic amines) is 1. The SMILES string of the molecule is CC1(C)CN(c2cnc3c(C4CCN(C(=O)c5ccc(OC(F)(F)F)cc5)CC4)ncnc3c2)CCO1. The molecule has 1 amide bonds.